The maximum Gasteiger partial charge on any atom is 1.00 e. The van der Waals surface area contributed by atoms with Crippen LogP contribution in [0.3, 0.4) is 0 Å². The van der Waals surface area contributed by atoms with Gasteiger partial charge in [-0.25, -0.2) is 14.9 Å². The van der Waals surface area contributed by atoms with Crippen molar-refractivity contribution >= 4 is 30.0 Å². The van der Waals surface area contributed by atoms with E-state index < -0.39 is 25.3 Å². The number of aromatic nitrogens is 2. The molecule has 2 amide bonds. The number of aromatic amines is 1. The number of unbranched alkanes of at least 4 members (excludes halogenated alkanes) is 2. The number of H-pyrrole nitrogens is 1. The van der Waals surface area contributed by atoms with Crippen LogP contribution in [0.15, 0.2) is 47.3 Å². The first-order chi connectivity index (χ1) is 31.2. The van der Waals surface area contributed by atoms with Crippen molar-refractivity contribution in [1.82, 2.24) is 31.2 Å². The fourth-order valence-electron chi connectivity index (χ4n) is 6.46. The summed E-state index contributed by atoms with van der Waals surface area (Å²) in [7, 11) is 1.86. The molecule has 0 radical (unpaired) electrons. The van der Waals surface area contributed by atoms with Gasteiger partial charge in [-0.15, -0.1) is 11.0 Å². The summed E-state index contributed by atoms with van der Waals surface area (Å²) in [6, 6.07) is 12.1. The number of amides is 2. The molecular weight excluding hydrogens is 956 g/mol. The number of nitrogens with zero attached hydrogens (tertiary/aromatic N) is 5. The van der Waals surface area contributed by atoms with E-state index in [9.17, 15) is 23.3 Å². The summed E-state index contributed by atoms with van der Waals surface area (Å²) in [5.41, 5.74) is 18.7. The maximum atomic E-state index is 14.5. The van der Waals surface area contributed by atoms with Crippen LogP contribution in [0.4, 0.5) is 8.87 Å². The van der Waals surface area contributed by atoms with Gasteiger partial charge in [0.25, 0.3) is 5.56 Å². The van der Waals surface area contributed by atoms with Gasteiger partial charge in [0.05, 0.1) is 16.9 Å². The number of benzene rings is 2. The second-order valence-electron chi connectivity index (χ2n) is 15.4. The summed E-state index contributed by atoms with van der Waals surface area (Å²) < 4.78 is 28.5. The first-order valence-corrected chi connectivity index (χ1v) is 21.9. The molecule has 0 saturated heterocycles. The Balaban J connectivity index is -0.000000918. The van der Waals surface area contributed by atoms with Gasteiger partial charge < -0.3 is 52.3 Å². The average Bonchev–Trinajstić information content (AvgIpc) is 3.31. The second-order valence-corrected chi connectivity index (χ2v) is 15.4. The van der Waals surface area contributed by atoms with Gasteiger partial charge in [-0.1, -0.05) is 84.0 Å². The molecule has 0 spiro atoms. The molecule has 1 unspecified atom stereocenters. The van der Waals surface area contributed by atoms with Crippen molar-refractivity contribution < 1.29 is 187 Å². The molecule has 21 heteroatoms. The Bertz CT molecular complexity index is 2050. The van der Waals surface area contributed by atoms with Crippen molar-refractivity contribution in [3.63, 3.8) is 0 Å². The summed E-state index contributed by atoms with van der Waals surface area (Å²) in [6.07, 6.45) is 7.00. The molecule has 2 aromatic heterocycles. The molecule has 0 aliphatic heterocycles. The number of nitrogens with two attached hydrogens (primary N) is 1. The van der Waals surface area contributed by atoms with E-state index >= 15 is 0 Å². The van der Waals surface area contributed by atoms with E-state index in [2.05, 4.69) is 76.7 Å². The molecule has 2 aromatic carbocycles. The minimum atomic E-state index is -0.959. The number of nitrogens with one attached hydrogen (secondary N) is 4. The van der Waals surface area contributed by atoms with Crippen LogP contribution in [-0.4, -0.2) is 86.0 Å². The zero-order chi connectivity index (χ0) is 48.7. The predicted molar refractivity (Wildman–Crippen MR) is 254 cm³/mol. The quantitative estimate of drug-likeness (QED) is 0.0184. The number of aryl methyl sites for hydroxylation is 2. The summed E-state index contributed by atoms with van der Waals surface area (Å²) in [5, 5.41) is 23.2. The second kappa shape index (κ2) is 43.3. The summed E-state index contributed by atoms with van der Waals surface area (Å²) in [6.45, 7) is 18.7. The number of carbonyl (C=O) groups excluding carboxylic acids is 3. The number of hydrogen-bond donors (Lipinski definition) is 6. The van der Waals surface area contributed by atoms with Crippen molar-refractivity contribution in [3.05, 3.63) is 114 Å². The van der Waals surface area contributed by atoms with Gasteiger partial charge in [0.1, 0.15) is 19.2 Å². The fraction of sp³-hybridized carbons (Fsp3) is 0.511. The largest absolute Gasteiger partial charge is 1.00 e. The molecule has 5 rings (SSSR count). The molecule has 0 bridgehead atoms. The topological polar surface area (TPSA) is 234 Å². The van der Waals surface area contributed by atoms with Crippen molar-refractivity contribution in [2.45, 2.75) is 106 Å². The van der Waals surface area contributed by atoms with Crippen LogP contribution in [0.2, 0.25) is 0 Å². The molecule has 2 heterocycles. The molecule has 7 N–H and O–H groups in total. The summed E-state index contributed by atoms with van der Waals surface area (Å²) in [5.74, 6) is -0.0282. The molecule has 4 aromatic rings. The van der Waals surface area contributed by atoms with Crippen LogP contribution in [0.1, 0.15) is 105 Å². The zero-order valence-corrected chi connectivity index (χ0v) is 51.8. The molecule has 0 saturated carbocycles. The van der Waals surface area contributed by atoms with Crippen LogP contribution in [-0.2, 0) is 38.6 Å². The Labute approximate surface area is 529 Å². The van der Waals surface area contributed by atoms with Crippen LogP contribution in [0.5, 0.6) is 0 Å². The molecule has 68 heavy (non-hydrogen) atoms. The van der Waals surface area contributed by atoms with Gasteiger partial charge in [-0.05, 0) is 112 Å². The molecule has 1 aliphatic carbocycles. The van der Waals surface area contributed by atoms with E-state index in [1.54, 1.807) is 30.3 Å². The molecule has 362 valence electrons. The molecule has 1 atom stereocenters. The van der Waals surface area contributed by atoms with Gasteiger partial charge in [0.2, 0.25) is 12.3 Å². The number of carbonyl (C=O) groups is 3. The van der Waals surface area contributed by atoms with E-state index in [0.29, 0.717) is 47.0 Å². The van der Waals surface area contributed by atoms with Crippen LogP contribution >= 0.6 is 0 Å². The zero-order valence-electron chi connectivity index (χ0n) is 42.4. The Morgan fingerprint density at radius 2 is 1.66 bits per heavy atom. The van der Waals surface area contributed by atoms with Crippen LogP contribution in [0, 0.1) is 32.5 Å². The monoisotopic (exact) mass is 1030 g/mol. The molecular formula is C47H71F2K3N10O6. The van der Waals surface area contributed by atoms with E-state index in [1.165, 1.54) is 18.1 Å². The number of hydrogen-bond acceptors (Lipinski definition) is 10. The minimum Gasteiger partial charge on any atom is -0.662 e. The Hall–Kier alpha value is -0.141. The van der Waals surface area contributed by atoms with Gasteiger partial charge >= 0.3 is 154 Å². The van der Waals surface area contributed by atoms with Gasteiger partial charge in [0, 0.05) is 30.1 Å². The third-order valence-electron chi connectivity index (χ3n) is 10.3. The maximum absolute atomic E-state index is 14.5. The van der Waals surface area contributed by atoms with Crippen LogP contribution in [0.25, 0.3) is 38.4 Å². The number of rotatable bonds is 22. The van der Waals surface area contributed by atoms with Crippen LogP contribution < -0.4 is 182 Å². The fourth-order valence-corrected chi connectivity index (χ4v) is 6.46. The Morgan fingerprint density at radius 3 is 2.22 bits per heavy atom. The first-order valence-electron chi connectivity index (χ1n) is 21.9. The predicted octanol–water partition coefficient (Wildman–Crippen LogP) is -1.03. The van der Waals surface area contributed by atoms with E-state index in [1.807, 2.05) is 33.8 Å². The third-order valence-corrected chi connectivity index (χ3v) is 10.3. The smallest absolute Gasteiger partial charge is 0.662 e. The molecule has 0 fully saturated rings. The number of hydroxylamine groups is 2. The summed E-state index contributed by atoms with van der Waals surface area (Å²) in [4.78, 5) is 53.4. The van der Waals surface area contributed by atoms with Crippen molar-refractivity contribution in [2.75, 3.05) is 46.6 Å². The Morgan fingerprint density at radius 1 is 1.03 bits per heavy atom. The van der Waals surface area contributed by atoms with Crippen molar-refractivity contribution in [3.8, 4) is 11.4 Å². The van der Waals surface area contributed by atoms with E-state index in [4.69, 9.17) is 20.7 Å². The minimum absolute atomic E-state index is 0. The normalized spacial score (nSPS) is 11.3. The first kappa shape index (κ1) is 72.1. The van der Waals surface area contributed by atoms with E-state index in [0.717, 1.165) is 90.9 Å². The number of pyridine rings is 2. The standard InChI is InChI=1S/C22H24FN3O.C12H16FN5O3.C7H17N2O.C5H12.CH2O.3K/c1-11-14(10-24-4)8-19(26-22(11)27)21-13(3)16-7-5-6-15-12(2)17(23)9-18(25-21)20(15)16;13-18(8-17-21-6-11(14)20)12(16-7-15-9-19)10-4-2-1-3-5-10;1-2-8-6-4-3-5-7-9-10;1-4-5(2)3;1-2;;;/h8-9,24H,5-7,10H2,1-4H3,(H,26,27);1-5,9,12H,6-8H2,(H2,14,20)(H,15,19);9-10H,2-7H2,1H3;5H,4H2,1-3H3;1H2;;;/q;-2;-1;;;3*+1. The number of halogens is 2. The van der Waals surface area contributed by atoms with Crippen molar-refractivity contribution in [1.29, 1.82) is 0 Å². The van der Waals surface area contributed by atoms with E-state index in [-0.39, 0.29) is 172 Å². The third kappa shape index (κ3) is 26.7. The summed E-state index contributed by atoms with van der Waals surface area (Å²) >= 11 is 0. The molecule has 1 aliphatic rings. The van der Waals surface area contributed by atoms with Gasteiger partial charge in [-0.3, -0.25) is 14.4 Å². The molecule has 16 nitrogen and oxygen atoms in total. The van der Waals surface area contributed by atoms with Gasteiger partial charge in [-0.2, -0.15) is 11.7 Å². The SMILES string of the molecule is C=O.CCC(C)C.CC[N-]CCCCCNO.CNCc1cc(-c2nc3cc(F)c(C)c4c3c(c2C)CCC4)[nH]c(=O)c1C.NC(=O)CO[N-]CN(F)C([N-]CNC=O)c1ccccc1.[K+].[K+].[K+]. The average molecular weight is 1030 g/mol. The Kier molecular flexibility index (Phi) is 45.9. The number of primary amides is 1. The van der Waals surface area contributed by atoms with Gasteiger partial charge in [0.15, 0.2) is 0 Å². The van der Waals surface area contributed by atoms with Crippen molar-refractivity contribution in [2.24, 2.45) is 11.7 Å².